The summed E-state index contributed by atoms with van der Waals surface area (Å²) in [6.07, 6.45) is 0. The zero-order chi connectivity index (χ0) is 35.0. The van der Waals surface area contributed by atoms with Crippen molar-refractivity contribution >= 4 is 75.3 Å². The van der Waals surface area contributed by atoms with Crippen molar-refractivity contribution in [1.82, 2.24) is 4.57 Å². The highest BCUT2D eigenvalue weighted by Crippen LogP contribution is 2.43. The molecule has 0 amide bonds. The Morgan fingerprint density at radius 3 is 2.02 bits per heavy atom. The molecule has 8 aromatic carbocycles. The molecule has 246 valence electrons. The predicted octanol–water partition coefficient (Wildman–Crippen LogP) is 13.9. The average molecular weight is 693 g/mol. The third kappa shape index (κ3) is 4.58. The van der Waals surface area contributed by atoms with Crippen LogP contribution in [-0.4, -0.2) is 4.57 Å². The predicted molar refractivity (Wildman–Crippen MR) is 222 cm³/mol. The van der Waals surface area contributed by atoms with Gasteiger partial charge in [-0.3, -0.25) is 0 Å². The molecule has 0 aliphatic rings. The van der Waals surface area contributed by atoms with Crippen LogP contribution in [0.3, 0.4) is 0 Å². The number of hydrogen-bond donors (Lipinski definition) is 0. The minimum Gasteiger partial charge on any atom is -0.455 e. The number of rotatable bonds is 4. The molecule has 0 unspecified atom stereocenters. The summed E-state index contributed by atoms with van der Waals surface area (Å²) in [5.41, 5.74) is 12.3. The molecule has 3 heterocycles. The zero-order valence-electron chi connectivity index (χ0n) is 28.4. The molecule has 0 N–H and O–H groups in total. The Bertz CT molecular complexity index is 3300. The number of benzene rings is 8. The Labute approximate surface area is 308 Å². The molecule has 0 bridgehead atoms. The van der Waals surface area contributed by atoms with E-state index in [-0.39, 0.29) is 0 Å². The van der Waals surface area contributed by atoms with Gasteiger partial charge in [-0.15, -0.1) is 11.3 Å². The van der Waals surface area contributed by atoms with Gasteiger partial charge in [0.2, 0.25) is 0 Å². The monoisotopic (exact) mass is 692 g/mol. The van der Waals surface area contributed by atoms with Crippen molar-refractivity contribution in [2.24, 2.45) is 0 Å². The third-order valence-electron chi connectivity index (χ3n) is 10.6. The van der Waals surface area contributed by atoms with Crippen molar-refractivity contribution < 1.29 is 4.42 Å². The van der Waals surface area contributed by atoms with Crippen molar-refractivity contribution in [3.63, 3.8) is 0 Å². The summed E-state index contributed by atoms with van der Waals surface area (Å²) in [7, 11) is 0. The molecule has 11 aromatic rings. The normalized spacial score (nSPS) is 11.8. The summed E-state index contributed by atoms with van der Waals surface area (Å²) in [6.45, 7) is 0. The van der Waals surface area contributed by atoms with E-state index in [0.29, 0.717) is 5.56 Å². The number of fused-ring (bicyclic) bond motifs is 10. The zero-order valence-corrected chi connectivity index (χ0v) is 29.2. The quantitative estimate of drug-likeness (QED) is 0.184. The van der Waals surface area contributed by atoms with E-state index in [0.717, 1.165) is 77.2 Å². The van der Waals surface area contributed by atoms with Crippen LogP contribution < -0.4 is 0 Å². The number of nitrogens with zero attached hydrogens (tertiary/aromatic N) is 2. The van der Waals surface area contributed by atoms with Gasteiger partial charge in [0.15, 0.2) is 0 Å². The maximum Gasteiger partial charge on any atom is 0.145 e. The van der Waals surface area contributed by atoms with Crippen LogP contribution >= 0.6 is 11.3 Å². The fraction of sp³-hybridized carbons (Fsp3) is 0. The molecule has 0 radical (unpaired) electrons. The minimum atomic E-state index is 0.672. The van der Waals surface area contributed by atoms with Gasteiger partial charge in [0.25, 0.3) is 0 Å². The van der Waals surface area contributed by atoms with E-state index in [2.05, 4.69) is 144 Å². The highest BCUT2D eigenvalue weighted by molar-refractivity contribution is 7.25. The van der Waals surface area contributed by atoms with Gasteiger partial charge in [0, 0.05) is 42.0 Å². The van der Waals surface area contributed by atoms with Gasteiger partial charge >= 0.3 is 0 Å². The Balaban J connectivity index is 1.17. The van der Waals surface area contributed by atoms with Crippen LogP contribution in [0.15, 0.2) is 174 Å². The molecule has 4 heteroatoms. The number of aromatic nitrogens is 1. The van der Waals surface area contributed by atoms with Crippen LogP contribution in [0.2, 0.25) is 0 Å². The number of thiophene rings is 1. The molecular formula is C49H28N2OS. The molecule has 0 saturated heterocycles. The highest BCUT2D eigenvalue weighted by atomic mass is 32.1. The summed E-state index contributed by atoms with van der Waals surface area (Å²) < 4.78 is 11.6. The summed E-state index contributed by atoms with van der Waals surface area (Å²) >= 11 is 1.84. The standard InChI is InChI=1S/C49H28N2OS/c50-29-33-9-1-2-10-37(33)31-19-17-30(18-20-31)34-25-35(32-21-24-47-42(28-32)39-12-5-8-16-46(39)53-47)27-36(26-34)51-43-14-6-3-13-41(43)48-44(51)23-22-40-38-11-4-7-15-45(38)52-49(40)48/h1-28H. The second kappa shape index (κ2) is 11.5. The molecule has 3 nitrogen and oxygen atoms in total. The van der Waals surface area contributed by atoms with Crippen molar-refractivity contribution in [2.75, 3.05) is 0 Å². The highest BCUT2D eigenvalue weighted by Gasteiger charge is 2.20. The molecule has 0 spiro atoms. The van der Waals surface area contributed by atoms with Crippen molar-refractivity contribution in [3.8, 4) is 45.1 Å². The lowest BCUT2D eigenvalue weighted by atomic mass is 9.94. The number of hydrogen-bond acceptors (Lipinski definition) is 3. The van der Waals surface area contributed by atoms with Crippen LogP contribution in [0.1, 0.15) is 5.56 Å². The lowest BCUT2D eigenvalue weighted by molar-refractivity contribution is 0.673. The molecule has 0 aliphatic carbocycles. The smallest absolute Gasteiger partial charge is 0.145 e. The largest absolute Gasteiger partial charge is 0.455 e. The van der Waals surface area contributed by atoms with Crippen LogP contribution in [0.25, 0.3) is 103 Å². The molecule has 0 aliphatic heterocycles. The van der Waals surface area contributed by atoms with Crippen LogP contribution in [0.4, 0.5) is 0 Å². The Hall–Kier alpha value is -6.93. The Morgan fingerprint density at radius 2 is 1.15 bits per heavy atom. The van der Waals surface area contributed by atoms with Gasteiger partial charge < -0.3 is 8.98 Å². The number of nitriles is 1. The first kappa shape index (κ1) is 29.8. The van der Waals surface area contributed by atoms with E-state index >= 15 is 0 Å². The van der Waals surface area contributed by atoms with E-state index in [1.807, 2.05) is 47.7 Å². The topological polar surface area (TPSA) is 41.9 Å². The van der Waals surface area contributed by atoms with Gasteiger partial charge in [-0.2, -0.15) is 5.26 Å². The number of furan rings is 1. The lowest BCUT2D eigenvalue weighted by Crippen LogP contribution is -1.96. The fourth-order valence-corrected chi connectivity index (χ4v) is 9.25. The van der Waals surface area contributed by atoms with Crippen LogP contribution in [0.5, 0.6) is 0 Å². The van der Waals surface area contributed by atoms with Crippen molar-refractivity contribution in [3.05, 3.63) is 175 Å². The van der Waals surface area contributed by atoms with Gasteiger partial charge in [-0.25, -0.2) is 0 Å². The molecular weight excluding hydrogens is 665 g/mol. The summed E-state index contributed by atoms with van der Waals surface area (Å²) in [4.78, 5) is 0. The second-order valence-electron chi connectivity index (χ2n) is 13.6. The van der Waals surface area contributed by atoms with Crippen molar-refractivity contribution in [2.45, 2.75) is 0 Å². The lowest BCUT2D eigenvalue weighted by Gasteiger charge is -2.15. The molecule has 3 aromatic heterocycles. The van der Waals surface area contributed by atoms with Gasteiger partial charge in [0.05, 0.1) is 28.1 Å². The van der Waals surface area contributed by atoms with Gasteiger partial charge in [-0.1, -0.05) is 103 Å². The molecule has 53 heavy (non-hydrogen) atoms. The maximum absolute atomic E-state index is 9.77. The summed E-state index contributed by atoms with van der Waals surface area (Å²) in [5.74, 6) is 0. The fourth-order valence-electron chi connectivity index (χ4n) is 8.17. The first-order valence-corrected chi connectivity index (χ1v) is 18.5. The van der Waals surface area contributed by atoms with E-state index in [1.165, 1.54) is 25.7 Å². The molecule has 0 fully saturated rings. The first-order valence-electron chi connectivity index (χ1n) is 17.7. The van der Waals surface area contributed by atoms with E-state index in [9.17, 15) is 5.26 Å². The maximum atomic E-state index is 9.77. The average Bonchev–Trinajstić information content (AvgIpc) is 3.90. The van der Waals surface area contributed by atoms with E-state index in [4.69, 9.17) is 4.42 Å². The van der Waals surface area contributed by atoms with Crippen molar-refractivity contribution in [1.29, 1.82) is 5.26 Å². The number of para-hydroxylation sites is 2. The van der Waals surface area contributed by atoms with E-state index < -0.39 is 0 Å². The minimum absolute atomic E-state index is 0.672. The summed E-state index contributed by atoms with van der Waals surface area (Å²) in [6, 6.07) is 62.6. The molecule has 0 atom stereocenters. The van der Waals surface area contributed by atoms with E-state index in [1.54, 1.807) is 0 Å². The van der Waals surface area contributed by atoms with Crippen LogP contribution in [-0.2, 0) is 0 Å². The van der Waals surface area contributed by atoms with Gasteiger partial charge in [0.1, 0.15) is 11.2 Å². The third-order valence-corrected chi connectivity index (χ3v) is 11.8. The Morgan fingerprint density at radius 1 is 0.472 bits per heavy atom. The summed E-state index contributed by atoms with van der Waals surface area (Å²) in [5, 5.41) is 16.9. The molecule has 0 saturated carbocycles. The second-order valence-corrected chi connectivity index (χ2v) is 14.7. The Kier molecular flexibility index (Phi) is 6.48. The SMILES string of the molecule is N#Cc1ccccc1-c1ccc(-c2cc(-c3ccc4sc5ccccc5c4c3)cc(-n3c4ccccc4c4c5oc6ccccc6c5ccc43)c2)cc1. The van der Waals surface area contributed by atoms with Gasteiger partial charge in [-0.05, 0) is 100 Å². The first-order chi connectivity index (χ1) is 26.2. The van der Waals surface area contributed by atoms with Crippen LogP contribution in [0, 0.1) is 11.3 Å². The molecule has 11 rings (SSSR count).